The lowest BCUT2D eigenvalue weighted by atomic mass is 9.89. The molecule has 0 aliphatic rings. The number of rotatable bonds is 6. The molecule has 94 valence electrons. The molecule has 0 heterocycles. The minimum absolute atomic E-state index is 0.00715. The van der Waals surface area contributed by atoms with Crippen molar-refractivity contribution in [1.82, 2.24) is 0 Å². The van der Waals surface area contributed by atoms with Crippen molar-refractivity contribution in [3.05, 3.63) is 29.8 Å². The molecule has 0 fully saturated rings. The van der Waals surface area contributed by atoms with Gasteiger partial charge in [0.1, 0.15) is 5.75 Å². The molecule has 2 unspecified atom stereocenters. The Morgan fingerprint density at radius 3 is 2.35 bits per heavy atom. The Kier molecular flexibility index (Phi) is 5.01. The highest BCUT2D eigenvalue weighted by Gasteiger charge is 2.20. The fourth-order valence-electron chi connectivity index (χ4n) is 1.59. The summed E-state index contributed by atoms with van der Waals surface area (Å²) >= 11 is 0. The average molecular weight is 236 g/mol. The van der Waals surface area contributed by atoms with Gasteiger partial charge in [0.25, 0.3) is 0 Å². The lowest BCUT2D eigenvalue weighted by molar-refractivity contribution is -0.141. The van der Waals surface area contributed by atoms with Crippen molar-refractivity contribution in [3.8, 4) is 5.75 Å². The number of hydrogen-bond donors (Lipinski definition) is 1. The second-order valence-corrected chi connectivity index (χ2v) is 4.33. The highest BCUT2D eigenvalue weighted by Crippen LogP contribution is 2.26. The maximum Gasteiger partial charge on any atom is 0.306 e. The summed E-state index contributed by atoms with van der Waals surface area (Å²) < 4.78 is 5.48. The number of benzene rings is 1. The van der Waals surface area contributed by atoms with Crippen LogP contribution in [-0.2, 0) is 4.79 Å². The van der Waals surface area contributed by atoms with E-state index in [1.165, 1.54) is 0 Å². The molecular weight excluding hydrogens is 216 g/mol. The SMILES string of the molecule is CCCOc1ccc(C(C)C(C)C(=O)O)cc1. The predicted octanol–water partition coefficient (Wildman–Crippen LogP) is 3.30. The number of carbonyl (C=O) groups is 1. The standard InChI is InChI=1S/C14H20O3/c1-4-9-17-13-7-5-12(6-8-13)10(2)11(3)14(15)16/h5-8,10-11H,4,9H2,1-3H3,(H,15,16). The zero-order valence-corrected chi connectivity index (χ0v) is 10.6. The van der Waals surface area contributed by atoms with Gasteiger partial charge in [0.2, 0.25) is 0 Å². The quantitative estimate of drug-likeness (QED) is 0.824. The Bertz CT molecular complexity index is 356. The molecule has 17 heavy (non-hydrogen) atoms. The molecule has 0 aromatic heterocycles. The summed E-state index contributed by atoms with van der Waals surface area (Å²) in [6.07, 6.45) is 0.980. The van der Waals surface area contributed by atoms with Gasteiger partial charge in [0.05, 0.1) is 12.5 Å². The Labute approximate surface area is 102 Å². The molecule has 0 bridgehead atoms. The van der Waals surface area contributed by atoms with E-state index in [-0.39, 0.29) is 11.8 Å². The molecular formula is C14H20O3. The van der Waals surface area contributed by atoms with E-state index in [9.17, 15) is 4.79 Å². The Hall–Kier alpha value is -1.51. The molecule has 0 saturated carbocycles. The monoisotopic (exact) mass is 236 g/mol. The highest BCUT2D eigenvalue weighted by molar-refractivity contribution is 5.70. The van der Waals surface area contributed by atoms with Crippen molar-refractivity contribution < 1.29 is 14.6 Å². The Morgan fingerprint density at radius 2 is 1.88 bits per heavy atom. The molecule has 2 atom stereocenters. The average Bonchev–Trinajstić information content (AvgIpc) is 2.35. The summed E-state index contributed by atoms with van der Waals surface area (Å²) in [6.45, 7) is 6.43. The lowest BCUT2D eigenvalue weighted by Gasteiger charge is -2.16. The van der Waals surface area contributed by atoms with Gasteiger partial charge in [-0.15, -0.1) is 0 Å². The summed E-state index contributed by atoms with van der Waals surface area (Å²) in [4.78, 5) is 10.9. The molecule has 0 spiro atoms. The number of ether oxygens (including phenoxy) is 1. The number of carboxylic acid groups (broad SMARTS) is 1. The van der Waals surface area contributed by atoms with Crippen LogP contribution in [-0.4, -0.2) is 17.7 Å². The van der Waals surface area contributed by atoms with E-state index in [1.54, 1.807) is 6.92 Å². The first kappa shape index (κ1) is 13.6. The summed E-state index contributed by atoms with van der Waals surface area (Å²) in [5.41, 5.74) is 1.03. The molecule has 1 aromatic rings. The topological polar surface area (TPSA) is 46.5 Å². The fraction of sp³-hybridized carbons (Fsp3) is 0.500. The first-order valence-corrected chi connectivity index (χ1v) is 6.01. The van der Waals surface area contributed by atoms with E-state index in [1.807, 2.05) is 31.2 Å². The van der Waals surface area contributed by atoms with Crippen LogP contribution in [0.25, 0.3) is 0 Å². The molecule has 3 nitrogen and oxygen atoms in total. The molecule has 1 aromatic carbocycles. The van der Waals surface area contributed by atoms with Gasteiger partial charge in [0, 0.05) is 0 Å². The van der Waals surface area contributed by atoms with E-state index in [0.29, 0.717) is 6.61 Å². The van der Waals surface area contributed by atoms with Gasteiger partial charge in [0.15, 0.2) is 0 Å². The number of aliphatic carboxylic acids is 1. The molecule has 1 N–H and O–H groups in total. The van der Waals surface area contributed by atoms with Crippen LogP contribution < -0.4 is 4.74 Å². The summed E-state index contributed by atoms with van der Waals surface area (Å²) in [5.74, 6) is -0.292. The minimum atomic E-state index is -0.760. The van der Waals surface area contributed by atoms with Crippen LogP contribution in [0, 0.1) is 5.92 Å². The first-order valence-electron chi connectivity index (χ1n) is 6.01. The van der Waals surface area contributed by atoms with Gasteiger partial charge in [-0.05, 0) is 30.0 Å². The zero-order chi connectivity index (χ0) is 12.8. The lowest BCUT2D eigenvalue weighted by Crippen LogP contribution is -2.16. The Balaban J connectivity index is 2.69. The van der Waals surface area contributed by atoms with Crippen LogP contribution in [0.5, 0.6) is 5.75 Å². The van der Waals surface area contributed by atoms with Crippen molar-refractivity contribution in [2.45, 2.75) is 33.1 Å². The molecule has 1 rings (SSSR count). The number of carboxylic acids is 1. The van der Waals surface area contributed by atoms with Crippen molar-refractivity contribution in [1.29, 1.82) is 0 Å². The predicted molar refractivity (Wildman–Crippen MR) is 67.4 cm³/mol. The first-order chi connectivity index (χ1) is 8.06. The molecule has 0 aliphatic heterocycles. The van der Waals surface area contributed by atoms with Gasteiger partial charge in [-0.2, -0.15) is 0 Å². The van der Waals surface area contributed by atoms with Crippen molar-refractivity contribution in [3.63, 3.8) is 0 Å². The maximum absolute atomic E-state index is 10.9. The van der Waals surface area contributed by atoms with Crippen LogP contribution in [0.2, 0.25) is 0 Å². The normalized spacial score (nSPS) is 14.1. The molecule has 3 heteroatoms. The van der Waals surface area contributed by atoms with Gasteiger partial charge >= 0.3 is 5.97 Å². The third-order valence-electron chi connectivity index (χ3n) is 3.02. The number of hydrogen-bond acceptors (Lipinski definition) is 2. The summed E-state index contributed by atoms with van der Waals surface area (Å²) in [6, 6.07) is 7.68. The van der Waals surface area contributed by atoms with Crippen LogP contribution in [0.1, 0.15) is 38.7 Å². The van der Waals surface area contributed by atoms with Gasteiger partial charge in [-0.3, -0.25) is 4.79 Å². The van der Waals surface area contributed by atoms with Crippen LogP contribution in [0.15, 0.2) is 24.3 Å². The van der Waals surface area contributed by atoms with Crippen molar-refractivity contribution in [2.24, 2.45) is 5.92 Å². The molecule has 0 aliphatic carbocycles. The van der Waals surface area contributed by atoms with Crippen LogP contribution in [0.3, 0.4) is 0 Å². The largest absolute Gasteiger partial charge is 0.494 e. The Morgan fingerprint density at radius 1 is 1.29 bits per heavy atom. The van der Waals surface area contributed by atoms with Gasteiger partial charge in [-0.25, -0.2) is 0 Å². The minimum Gasteiger partial charge on any atom is -0.494 e. The smallest absolute Gasteiger partial charge is 0.306 e. The highest BCUT2D eigenvalue weighted by atomic mass is 16.5. The fourth-order valence-corrected chi connectivity index (χ4v) is 1.59. The van der Waals surface area contributed by atoms with Gasteiger partial charge < -0.3 is 9.84 Å². The van der Waals surface area contributed by atoms with Crippen LogP contribution in [0.4, 0.5) is 0 Å². The maximum atomic E-state index is 10.9. The van der Waals surface area contributed by atoms with Crippen molar-refractivity contribution in [2.75, 3.05) is 6.61 Å². The van der Waals surface area contributed by atoms with E-state index < -0.39 is 5.97 Å². The molecule has 0 amide bonds. The molecule has 0 radical (unpaired) electrons. The van der Waals surface area contributed by atoms with E-state index in [2.05, 4.69) is 6.92 Å². The van der Waals surface area contributed by atoms with Crippen molar-refractivity contribution >= 4 is 5.97 Å². The third-order valence-corrected chi connectivity index (χ3v) is 3.02. The summed E-state index contributed by atoms with van der Waals surface area (Å²) in [5, 5.41) is 8.96. The molecule has 0 saturated heterocycles. The zero-order valence-electron chi connectivity index (χ0n) is 10.6. The second kappa shape index (κ2) is 6.28. The van der Waals surface area contributed by atoms with E-state index >= 15 is 0 Å². The van der Waals surface area contributed by atoms with Gasteiger partial charge in [-0.1, -0.05) is 32.9 Å². The summed E-state index contributed by atoms with van der Waals surface area (Å²) in [7, 11) is 0. The third kappa shape index (κ3) is 3.77. The second-order valence-electron chi connectivity index (χ2n) is 4.33. The van der Waals surface area contributed by atoms with E-state index in [4.69, 9.17) is 9.84 Å². The van der Waals surface area contributed by atoms with E-state index in [0.717, 1.165) is 17.7 Å². The van der Waals surface area contributed by atoms with Crippen LogP contribution >= 0.6 is 0 Å².